The quantitative estimate of drug-likeness (QED) is 0.471. The van der Waals surface area contributed by atoms with Crippen molar-refractivity contribution in [2.24, 2.45) is 0 Å². The molecule has 1 aliphatic heterocycles. The first-order chi connectivity index (χ1) is 12.1. The third-order valence-electron chi connectivity index (χ3n) is 5.62. The summed E-state index contributed by atoms with van der Waals surface area (Å²) in [7, 11) is -0.617. The fraction of sp³-hybridized carbons (Fsp3) is 0.524. The van der Waals surface area contributed by atoms with Gasteiger partial charge < -0.3 is 19.0 Å². The zero-order valence-electron chi connectivity index (χ0n) is 16.3. The molecule has 0 radical (unpaired) electrons. The zero-order valence-corrected chi connectivity index (χ0v) is 17.3. The molecule has 0 amide bonds. The monoisotopic (exact) mass is 370 g/mol. The molecule has 2 aliphatic carbocycles. The minimum absolute atomic E-state index is 0.00844. The van der Waals surface area contributed by atoms with Gasteiger partial charge in [-0.1, -0.05) is 44.5 Å². The van der Waals surface area contributed by atoms with Crippen LogP contribution in [0.15, 0.2) is 35.6 Å². The third kappa shape index (κ3) is 2.96. The Balaban J connectivity index is 2.21. The van der Waals surface area contributed by atoms with E-state index in [2.05, 4.69) is 57.5 Å². The standard InChI is InChI=1S/C21H26O4Si/c1-19(2,3)26(5,6)25-20-12-10-8-7-9-11-18(22)17(21(20)15-24-21)13-16(14-20)23-4/h7-8,13-14,18,22H,15H2,1-6H3/b8-7-/t18-,20-,21?/m0/s1. The van der Waals surface area contributed by atoms with Gasteiger partial charge in [0.15, 0.2) is 19.5 Å². The first kappa shape index (κ1) is 19.0. The number of aliphatic hydroxyl groups excluding tert-OH is 1. The van der Waals surface area contributed by atoms with Crippen LogP contribution in [0.2, 0.25) is 18.1 Å². The van der Waals surface area contributed by atoms with Crippen LogP contribution in [0.1, 0.15) is 20.8 Å². The van der Waals surface area contributed by atoms with E-state index in [1.807, 2.05) is 6.08 Å². The third-order valence-corrected chi connectivity index (χ3v) is 10.1. The van der Waals surface area contributed by atoms with Crippen LogP contribution in [-0.2, 0) is 13.9 Å². The van der Waals surface area contributed by atoms with Crippen LogP contribution < -0.4 is 0 Å². The molecule has 5 heteroatoms. The van der Waals surface area contributed by atoms with Crippen LogP contribution in [0.4, 0.5) is 0 Å². The van der Waals surface area contributed by atoms with E-state index in [9.17, 15) is 5.11 Å². The molecule has 26 heavy (non-hydrogen) atoms. The van der Waals surface area contributed by atoms with Gasteiger partial charge in [-0.15, -0.1) is 0 Å². The van der Waals surface area contributed by atoms with E-state index in [0.29, 0.717) is 17.9 Å². The van der Waals surface area contributed by atoms with Crippen molar-refractivity contribution in [1.29, 1.82) is 0 Å². The molecule has 1 spiro atoms. The zero-order chi connectivity index (χ0) is 19.2. The summed E-state index contributed by atoms with van der Waals surface area (Å²) in [5.74, 6) is 12.6. The second-order valence-electron chi connectivity index (χ2n) is 8.36. The van der Waals surface area contributed by atoms with Crippen molar-refractivity contribution in [1.82, 2.24) is 0 Å². The Morgan fingerprint density at radius 1 is 1.27 bits per heavy atom. The van der Waals surface area contributed by atoms with Gasteiger partial charge in [0, 0.05) is 11.6 Å². The van der Waals surface area contributed by atoms with Crippen molar-refractivity contribution in [3.05, 3.63) is 35.6 Å². The van der Waals surface area contributed by atoms with Crippen molar-refractivity contribution in [2.45, 2.75) is 56.2 Å². The predicted molar refractivity (Wildman–Crippen MR) is 104 cm³/mol. The summed E-state index contributed by atoms with van der Waals surface area (Å²) in [5.41, 5.74) is -1.19. The number of methoxy groups -OCH3 is 1. The molecule has 0 aromatic rings. The van der Waals surface area contributed by atoms with Crippen LogP contribution in [0.25, 0.3) is 0 Å². The Labute approximate surface area is 157 Å². The second-order valence-corrected chi connectivity index (χ2v) is 13.1. The molecule has 3 aliphatic rings. The molecule has 4 nitrogen and oxygen atoms in total. The Morgan fingerprint density at radius 3 is 2.50 bits per heavy atom. The molecule has 1 N–H and O–H groups in total. The molecule has 0 aromatic heterocycles. The topological polar surface area (TPSA) is 51.2 Å². The van der Waals surface area contributed by atoms with Crippen LogP contribution in [0, 0.1) is 23.7 Å². The van der Waals surface area contributed by atoms with Crippen molar-refractivity contribution in [3.63, 3.8) is 0 Å². The molecule has 1 unspecified atom stereocenters. The van der Waals surface area contributed by atoms with E-state index in [4.69, 9.17) is 13.9 Å². The average molecular weight is 371 g/mol. The summed E-state index contributed by atoms with van der Waals surface area (Å²) in [6, 6.07) is 0. The lowest BCUT2D eigenvalue weighted by Crippen LogP contribution is -2.58. The number of rotatable bonds is 3. The number of hydrogen-bond donors (Lipinski definition) is 1. The molecule has 1 saturated heterocycles. The van der Waals surface area contributed by atoms with Crippen molar-refractivity contribution in [3.8, 4) is 23.7 Å². The Bertz CT molecular complexity index is 816. The Hall–Kier alpha value is -1.76. The molecular formula is C21H26O4Si. The molecule has 1 fully saturated rings. The van der Waals surface area contributed by atoms with Gasteiger partial charge >= 0.3 is 0 Å². The lowest BCUT2D eigenvalue weighted by atomic mass is 9.76. The number of aliphatic hydroxyl groups is 1. The highest BCUT2D eigenvalue weighted by molar-refractivity contribution is 6.74. The van der Waals surface area contributed by atoms with Crippen molar-refractivity contribution >= 4 is 8.32 Å². The molecule has 0 saturated carbocycles. The lowest BCUT2D eigenvalue weighted by Gasteiger charge is -2.46. The van der Waals surface area contributed by atoms with Crippen LogP contribution in [0.5, 0.6) is 0 Å². The Morgan fingerprint density at radius 2 is 1.92 bits per heavy atom. The predicted octanol–water partition coefficient (Wildman–Crippen LogP) is 2.92. The Kier molecular flexibility index (Phi) is 4.49. The highest BCUT2D eigenvalue weighted by Crippen LogP contribution is 2.54. The summed E-state index contributed by atoms with van der Waals surface area (Å²) < 4.78 is 18.3. The largest absolute Gasteiger partial charge is 0.497 e. The first-order valence-electron chi connectivity index (χ1n) is 8.77. The molecule has 3 atom stereocenters. The number of ether oxygens (including phenoxy) is 2. The summed E-state index contributed by atoms with van der Waals surface area (Å²) in [4.78, 5) is 0. The molecule has 3 rings (SSSR count). The van der Waals surface area contributed by atoms with E-state index in [1.54, 1.807) is 25.3 Å². The minimum atomic E-state index is -2.21. The molecule has 138 valence electrons. The van der Waals surface area contributed by atoms with Gasteiger partial charge in [-0.2, -0.15) is 0 Å². The maximum Gasteiger partial charge on any atom is 0.194 e. The van der Waals surface area contributed by atoms with Crippen LogP contribution in [0.3, 0.4) is 0 Å². The molecule has 2 bridgehead atoms. The lowest BCUT2D eigenvalue weighted by molar-refractivity contribution is 0.0634. The summed E-state index contributed by atoms with van der Waals surface area (Å²) in [5, 5.41) is 10.7. The van der Waals surface area contributed by atoms with Gasteiger partial charge in [0.25, 0.3) is 0 Å². The van der Waals surface area contributed by atoms with Gasteiger partial charge in [-0.05, 0) is 36.4 Å². The van der Waals surface area contributed by atoms with Crippen molar-refractivity contribution in [2.75, 3.05) is 13.7 Å². The van der Waals surface area contributed by atoms with E-state index < -0.39 is 25.6 Å². The highest BCUT2D eigenvalue weighted by atomic mass is 28.4. The molecule has 0 aromatic carbocycles. The molecular weight excluding hydrogens is 344 g/mol. The molecule has 1 heterocycles. The van der Waals surface area contributed by atoms with Gasteiger partial charge in [0.2, 0.25) is 0 Å². The number of epoxide rings is 1. The second kappa shape index (κ2) is 6.15. The van der Waals surface area contributed by atoms with Gasteiger partial charge in [-0.3, -0.25) is 0 Å². The minimum Gasteiger partial charge on any atom is -0.497 e. The van der Waals surface area contributed by atoms with Gasteiger partial charge in [0.05, 0.1) is 13.7 Å². The van der Waals surface area contributed by atoms with E-state index >= 15 is 0 Å². The fourth-order valence-electron chi connectivity index (χ4n) is 2.98. The van der Waals surface area contributed by atoms with Crippen LogP contribution in [-0.4, -0.2) is 44.4 Å². The first-order valence-corrected chi connectivity index (χ1v) is 11.7. The normalized spacial score (nSPS) is 33.7. The smallest absolute Gasteiger partial charge is 0.194 e. The van der Waals surface area contributed by atoms with Crippen molar-refractivity contribution < 1.29 is 19.0 Å². The fourth-order valence-corrected chi connectivity index (χ4v) is 4.37. The SMILES string of the molecule is COC1=C[C@@]2(O[Si](C)(C)C(C)(C)C)C#C/C=C\C#C[C@H](O)C(=C1)C21CO1. The summed E-state index contributed by atoms with van der Waals surface area (Å²) in [6.07, 6.45) is 6.04. The van der Waals surface area contributed by atoms with Gasteiger partial charge in [-0.25, -0.2) is 0 Å². The maximum atomic E-state index is 10.7. The number of allylic oxidation sites excluding steroid dienone is 3. The van der Waals surface area contributed by atoms with Crippen LogP contribution >= 0.6 is 0 Å². The van der Waals surface area contributed by atoms with Gasteiger partial charge in [0.1, 0.15) is 11.9 Å². The van der Waals surface area contributed by atoms with E-state index in [0.717, 1.165) is 0 Å². The highest BCUT2D eigenvalue weighted by Gasteiger charge is 2.68. The summed E-state index contributed by atoms with van der Waals surface area (Å²) in [6.45, 7) is 11.4. The van der Waals surface area contributed by atoms with E-state index in [1.165, 1.54) is 0 Å². The number of hydrogen-bond acceptors (Lipinski definition) is 4. The average Bonchev–Trinajstić information content (AvgIpc) is 3.32. The van der Waals surface area contributed by atoms with E-state index in [-0.39, 0.29) is 5.04 Å². The summed E-state index contributed by atoms with van der Waals surface area (Å²) >= 11 is 0. The maximum absolute atomic E-state index is 10.7.